The molecule has 0 saturated heterocycles. The van der Waals surface area contributed by atoms with Crippen molar-refractivity contribution in [3.05, 3.63) is 23.4 Å². The van der Waals surface area contributed by atoms with Crippen LogP contribution < -0.4 is 10.6 Å². The lowest BCUT2D eigenvalue weighted by molar-refractivity contribution is 0.775. The summed E-state index contributed by atoms with van der Waals surface area (Å²) in [4.78, 5) is 6.62. The van der Waals surface area contributed by atoms with Crippen LogP contribution >= 0.6 is 0 Å². The summed E-state index contributed by atoms with van der Waals surface area (Å²) in [6, 6.07) is 3.73. The number of aromatic nitrogens is 1. The zero-order valence-electron chi connectivity index (χ0n) is 9.83. The Hall–Kier alpha value is -1.58. The molecular weight excluding hydrogens is 200 g/mol. The first kappa shape index (κ1) is 10.9. The van der Waals surface area contributed by atoms with Gasteiger partial charge in [0.2, 0.25) is 0 Å². The minimum absolute atomic E-state index is 0.103. The predicted molar refractivity (Wildman–Crippen MR) is 66.0 cm³/mol. The Balaban J connectivity index is 2.21. The van der Waals surface area contributed by atoms with Crippen LogP contribution in [0.5, 0.6) is 0 Å². The van der Waals surface area contributed by atoms with Crippen LogP contribution in [0.25, 0.3) is 0 Å². The highest BCUT2D eigenvalue weighted by atomic mass is 15.2. The molecule has 1 aliphatic carbocycles. The molecular formula is C12H18N4. The molecule has 2 rings (SSSR count). The van der Waals surface area contributed by atoms with Gasteiger partial charge in [0, 0.05) is 24.8 Å². The van der Waals surface area contributed by atoms with Crippen molar-refractivity contribution in [2.75, 3.05) is 18.5 Å². The first-order chi connectivity index (χ1) is 7.56. The fourth-order valence-corrected chi connectivity index (χ4v) is 1.78. The maximum absolute atomic E-state index is 7.46. The van der Waals surface area contributed by atoms with Crippen molar-refractivity contribution in [2.45, 2.75) is 19.8 Å². The standard InChI is InChI=1S/C12H18N4/c1-8-5-10(12(13)14)6-11(15-8)16(2)7-9-3-4-9/h5-6,9H,3-4,7H2,1-2H3,(H3,13,14). The second-order valence-electron chi connectivity index (χ2n) is 4.59. The van der Waals surface area contributed by atoms with E-state index >= 15 is 0 Å². The summed E-state index contributed by atoms with van der Waals surface area (Å²) in [6.07, 6.45) is 2.66. The molecule has 4 heteroatoms. The van der Waals surface area contributed by atoms with Gasteiger partial charge < -0.3 is 10.6 Å². The largest absolute Gasteiger partial charge is 0.384 e. The highest BCUT2D eigenvalue weighted by molar-refractivity contribution is 5.95. The summed E-state index contributed by atoms with van der Waals surface area (Å²) in [5.74, 6) is 1.84. The van der Waals surface area contributed by atoms with Gasteiger partial charge in [0.05, 0.1) is 0 Å². The lowest BCUT2D eigenvalue weighted by Gasteiger charge is -2.19. The van der Waals surface area contributed by atoms with Crippen molar-refractivity contribution in [1.29, 1.82) is 5.41 Å². The monoisotopic (exact) mass is 218 g/mol. The Morgan fingerprint density at radius 2 is 2.25 bits per heavy atom. The van der Waals surface area contributed by atoms with Crippen LogP contribution in [0.3, 0.4) is 0 Å². The quantitative estimate of drug-likeness (QED) is 0.595. The molecule has 0 aliphatic heterocycles. The highest BCUT2D eigenvalue weighted by Crippen LogP contribution is 2.30. The van der Waals surface area contributed by atoms with Crippen LogP contribution in [0.1, 0.15) is 24.1 Å². The number of nitrogens with one attached hydrogen (secondary N) is 1. The molecule has 1 aliphatic rings. The number of aryl methyl sites for hydroxylation is 1. The second-order valence-corrected chi connectivity index (χ2v) is 4.59. The van der Waals surface area contributed by atoms with Crippen LogP contribution in [-0.2, 0) is 0 Å². The van der Waals surface area contributed by atoms with Crippen LogP contribution in [0.2, 0.25) is 0 Å². The molecule has 0 radical (unpaired) electrons. The van der Waals surface area contributed by atoms with E-state index in [0.717, 1.165) is 29.5 Å². The molecule has 0 unspecified atom stereocenters. The molecule has 0 atom stereocenters. The molecule has 1 heterocycles. The number of pyridine rings is 1. The van der Waals surface area contributed by atoms with Gasteiger partial charge in [-0.05, 0) is 37.8 Å². The predicted octanol–water partition coefficient (Wildman–Crippen LogP) is 1.52. The van der Waals surface area contributed by atoms with E-state index in [1.54, 1.807) is 0 Å². The van der Waals surface area contributed by atoms with Crippen LogP contribution in [0.4, 0.5) is 5.82 Å². The summed E-state index contributed by atoms with van der Waals surface area (Å²) < 4.78 is 0. The smallest absolute Gasteiger partial charge is 0.129 e. The topological polar surface area (TPSA) is 66.0 Å². The Morgan fingerprint density at radius 3 is 2.81 bits per heavy atom. The van der Waals surface area contributed by atoms with Gasteiger partial charge in [0.25, 0.3) is 0 Å². The fraction of sp³-hybridized carbons (Fsp3) is 0.500. The van der Waals surface area contributed by atoms with E-state index in [1.807, 2.05) is 26.1 Å². The summed E-state index contributed by atoms with van der Waals surface area (Å²) in [6.45, 7) is 2.98. The first-order valence-electron chi connectivity index (χ1n) is 5.60. The lowest BCUT2D eigenvalue weighted by Crippen LogP contribution is -2.22. The van der Waals surface area contributed by atoms with Crippen molar-refractivity contribution in [2.24, 2.45) is 11.7 Å². The van der Waals surface area contributed by atoms with E-state index in [4.69, 9.17) is 11.1 Å². The summed E-state index contributed by atoms with van der Waals surface area (Å²) in [7, 11) is 2.05. The molecule has 1 fully saturated rings. The SMILES string of the molecule is Cc1cc(C(=N)N)cc(N(C)CC2CC2)n1. The summed E-state index contributed by atoms with van der Waals surface area (Å²) in [5.41, 5.74) is 7.16. The zero-order valence-corrected chi connectivity index (χ0v) is 9.83. The lowest BCUT2D eigenvalue weighted by atomic mass is 10.2. The molecule has 1 aromatic rings. The van der Waals surface area contributed by atoms with E-state index in [-0.39, 0.29) is 5.84 Å². The third kappa shape index (κ3) is 2.51. The van der Waals surface area contributed by atoms with Crippen LogP contribution in [0.15, 0.2) is 12.1 Å². The zero-order chi connectivity index (χ0) is 11.7. The van der Waals surface area contributed by atoms with E-state index in [1.165, 1.54) is 12.8 Å². The first-order valence-corrected chi connectivity index (χ1v) is 5.60. The van der Waals surface area contributed by atoms with Crippen molar-refractivity contribution in [3.8, 4) is 0 Å². The van der Waals surface area contributed by atoms with Gasteiger partial charge in [-0.3, -0.25) is 5.41 Å². The molecule has 1 aromatic heterocycles. The number of hydrogen-bond acceptors (Lipinski definition) is 3. The van der Waals surface area contributed by atoms with E-state index in [2.05, 4.69) is 9.88 Å². The van der Waals surface area contributed by atoms with Crippen LogP contribution in [-0.4, -0.2) is 24.4 Å². The number of nitrogens with two attached hydrogens (primary N) is 1. The van der Waals surface area contributed by atoms with Gasteiger partial charge >= 0.3 is 0 Å². The molecule has 4 nitrogen and oxygen atoms in total. The molecule has 86 valence electrons. The summed E-state index contributed by atoms with van der Waals surface area (Å²) in [5, 5.41) is 7.46. The molecule has 16 heavy (non-hydrogen) atoms. The van der Waals surface area contributed by atoms with E-state index in [9.17, 15) is 0 Å². The maximum atomic E-state index is 7.46. The molecule has 3 N–H and O–H groups in total. The van der Waals surface area contributed by atoms with Gasteiger partial charge in [-0.15, -0.1) is 0 Å². The molecule has 0 spiro atoms. The number of nitrogens with zero attached hydrogens (tertiary/aromatic N) is 2. The second kappa shape index (κ2) is 4.12. The Morgan fingerprint density at radius 1 is 1.56 bits per heavy atom. The minimum Gasteiger partial charge on any atom is -0.384 e. The number of rotatable bonds is 4. The third-order valence-electron chi connectivity index (χ3n) is 2.87. The van der Waals surface area contributed by atoms with Gasteiger partial charge in [0.1, 0.15) is 11.7 Å². The van der Waals surface area contributed by atoms with E-state index in [0.29, 0.717) is 0 Å². The van der Waals surface area contributed by atoms with E-state index < -0.39 is 0 Å². The van der Waals surface area contributed by atoms with Gasteiger partial charge in [-0.1, -0.05) is 0 Å². The van der Waals surface area contributed by atoms with Crippen molar-refractivity contribution in [3.63, 3.8) is 0 Å². The number of amidine groups is 1. The van der Waals surface area contributed by atoms with Gasteiger partial charge in [-0.2, -0.15) is 0 Å². The summed E-state index contributed by atoms with van der Waals surface area (Å²) >= 11 is 0. The molecule has 1 saturated carbocycles. The number of anilines is 1. The molecule has 0 amide bonds. The van der Waals surface area contributed by atoms with Crippen molar-refractivity contribution < 1.29 is 0 Å². The average molecular weight is 218 g/mol. The van der Waals surface area contributed by atoms with Crippen molar-refractivity contribution in [1.82, 2.24) is 4.98 Å². The van der Waals surface area contributed by atoms with Gasteiger partial charge in [0.15, 0.2) is 0 Å². The molecule has 0 aromatic carbocycles. The normalized spacial score (nSPS) is 14.9. The molecule has 0 bridgehead atoms. The fourth-order valence-electron chi connectivity index (χ4n) is 1.78. The average Bonchev–Trinajstić information content (AvgIpc) is 3.00. The minimum atomic E-state index is 0.103. The number of hydrogen-bond donors (Lipinski definition) is 2. The van der Waals surface area contributed by atoms with Crippen LogP contribution in [0, 0.1) is 18.3 Å². The van der Waals surface area contributed by atoms with Gasteiger partial charge in [-0.25, -0.2) is 4.98 Å². The van der Waals surface area contributed by atoms with Crippen molar-refractivity contribution >= 4 is 11.7 Å². The number of nitrogen functional groups attached to an aromatic ring is 1. The Labute approximate surface area is 96.0 Å². The highest BCUT2D eigenvalue weighted by Gasteiger charge is 2.23. The Kier molecular flexibility index (Phi) is 2.81. The maximum Gasteiger partial charge on any atom is 0.129 e. The third-order valence-corrected chi connectivity index (χ3v) is 2.87. The Bertz CT molecular complexity index is 409.